The molecule has 21 heavy (non-hydrogen) atoms. The summed E-state index contributed by atoms with van der Waals surface area (Å²) in [7, 11) is 1.64. The molecule has 4 nitrogen and oxygen atoms in total. The Kier molecular flexibility index (Phi) is 5.90. The van der Waals surface area contributed by atoms with Gasteiger partial charge in [0.1, 0.15) is 0 Å². The van der Waals surface area contributed by atoms with E-state index in [0.717, 1.165) is 47.2 Å². The number of rotatable bonds is 7. The quantitative estimate of drug-likeness (QED) is 0.786. The maximum atomic E-state index is 10.3. The normalized spacial score (nSPS) is 17.0. The van der Waals surface area contributed by atoms with Crippen LogP contribution in [-0.4, -0.2) is 31.0 Å². The second-order valence-corrected chi connectivity index (χ2v) is 6.43. The first-order valence-electron chi connectivity index (χ1n) is 7.50. The van der Waals surface area contributed by atoms with Gasteiger partial charge in [0.2, 0.25) is 0 Å². The average molecular weight is 358 g/mol. The maximum Gasteiger partial charge on any atom is 0.175 e. The zero-order valence-corrected chi connectivity index (χ0v) is 14.3. The summed E-state index contributed by atoms with van der Waals surface area (Å²) in [6.45, 7) is 3.88. The molecule has 1 fully saturated rings. The van der Waals surface area contributed by atoms with Gasteiger partial charge in [-0.2, -0.15) is 0 Å². The lowest BCUT2D eigenvalue weighted by molar-refractivity contribution is 0.0475. The summed E-state index contributed by atoms with van der Waals surface area (Å²) in [6, 6.07) is 4.00. The van der Waals surface area contributed by atoms with Gasteiger partial charge in [-0.05, 0) is 53.4 Å². The van der Waals surface area contributed by atoms with Crippen molar-refractivity contribution in [3.63, 3.8) is 0 Å². The number of aliphatic hydroxyl groups is 1. The van der Waals surface area contributed by atoms with E-state index < -0.39 is 5.60 Å². The third-order valence-electron chi connectivity index (χ3n) is 3.90. The highest BCUT2D eigenvalue weighted by molar-refractivity contribution is 9.10. The van der Waals surface area contributed by atoms with Crippen molar-refractivity contribution in [3.8, 4) is 11.5 Å². The Bertz CT molecular complexity index is 473. The van der Waals surface area contributed by atoms with Gasteiger partial charge in [0.15, 0.2) is 11.5 Å². The van der Waals surface area contributed by atoms with Crippen LogP contribution in [0.25, 0.3) is 0 Å². The van der Waals surface area contributed by atoms with Crippen LogP contribution in [0.4, 0.5) is 0 Å². The topological polar surface area (TPSA) is 50.7 Å². The Labute approximate surface area is 135 Å². The third-order valence-corrected chi connectivity index (χ3v) is 4.48. The minimum atomic E-state index is -0.521. The monoisotopic (exact) mass is 357 g/mol. The van der Waals surface area contributed by atoms with Gasteiger partial charge in [-0.15, -0.1) is 0 Å². The molecule has 2 N–H and O–H groups in total. The second kappa shape index (κ2) is 7.47. The molecule has 0 aliphatic heterocycles. The van der Waals surface area contributed by atoms with Gasteiger partial charge in [-0.1, -0.05) is 12.8 Å². The van der Waals surface area contributed by atoms with Gasteiger partial charge in [0.05, 0.1) is 23.8 Å². The number of hydrogen-bond acceptors (Lipinski definition) is 4. The fourth-order valence-electron chi connectivity index (χ4n) is 2.81. The lowest BCUT2D eigenvalue weighted by Gasteiger charge is -2.22. The van der Waals surface area contributed by atoms with Crippen molar-refractivity contribution >= 4 is 15.9 Å². The van der Waals surface area contributed by atoms with Gasteiger partial charge in [0, 0.05) is 13.1 Å². The molecule has 0 heterocycles. The van der Waals surface area contributed by atoms with Crippen molar-refractivity contribution in [2.24, 2.45) is 0 Å². The van der Waals surface area contributed by atoms with E-state index in [4.69, 9.17) is 9.47 Å². The number of benzene rings is 1. The molecule has 0 atom stereocenters. The van der Waals surface area contributed by atoms with Crippen molar-refractivity contribution in [3.05, 3.63) is 22.2 Å². The van der Waals surface area contributed by atoms with Gasteiger partial charge in [-0.25, -0.2) is 0 Å². The number of methoxy groups -OCH3 is 1. The first kappa shape index (κ1) is 16.6. The molecule has 1 aliphatic carbocycles. The van der Waals surface area contributed by atoms with E-state index in [0.29, 0.717) is 19.7 Å². The Morgan fingerprint density at radius 2 is 2.05 bits per heavy atom. The average Bonchev–Trinajstić information content (AvgIpc) is 2.88. The van der Waals surface area contributed by atoms with Crippen molar-refractivity contribution in [1.82, 2.24) is 5.32 Å². The Morgan fingerprint density at radius 1 is 1.33 bits per heavy atom. The summed E-state index contributed by atoms with van der Waals surface area (Å²) in [6.07, 6.45) is 4.05. The standard InChI is InChI=1S/C16H24BrNO3/c1-3-21-15-13(17)8-12(9-14(15)20-2)10-18-11-16(19)6-4-5-7-16/h8-9,18-19H,3-7,10-11H2,1-2H3. The van der Waals surface area contributed by atoms with Crippen LogP contribution in [0.2, 0.25) is 0 Å². The second-order valence-electron chi connectivity index (χ2n) is 5.58. The van der Waals surface area contributed by atoms with Gasteiger partial charge >= 0.3 is 0 Å². The molecular formula is C16H24BrNO3. The number of ether oxygens (including phenoxy) is 2. The predicted molar refractivity (Wildman–Crippen MR) is 87.0 cm³/mol. The van der Waals surface area contributed by atoms with Gasteiger partial charge in [-0.3, -0.25) is 0 Å². The van der Waals surface area contributed by atoms with E-state index in [1.165, 1.54) is 0 Å². The van der Waals surface area contributed by atoms with Crippen LogP contribution in [0.3, 0.4) is 0 Å². The molecule has 1 saturated carbocycles. The molecule has 5 heteroatoms. The Hall–Kier alpha value is -0.780. The lowest BCUT2D eigenvalue weighted by Crippen LogP contribution is -2.37. The van der Waals surface area contributed by atoms with E-state index in [-0.39, 0.29) is 0 Å². The predicted octanol–water partition coefficient (Wildman–Crippen LogP) is 3.25. The van der Waals surface area contributed by atoms with Crippen LogP contribution in [0.5, 0.6) is 11.5 Å². The molecule has 118 valence electrons. The Morgan fingerprint density at radius 3 is 2.67 bits per heavy atom. The van der Waals surface area contributed by atoms with Crippen LogP contribution < -0.4 is 14.8 Å². The molecular weight excluding hydrogens is 334 g/mol. The van der Waals surface area contributed by atoms with E-state index >= 15 is 0 Å². The van der Waals surface area contributed by atoms with Gasteiger partial charge in [0.25, 0.3) is 0 Å². The van der Waals surface area contributed by atoms with E-state index in [9.17, 15) is 5.11 Å². The molecule has 0 bridgehead atoms. The zero-order valence-electron chi connectivity index (χ0n) is 12.7. The molecule has 1 aliphatic rings. The molecule has 1 aromatic rings. The van der Waals surface area contributed by atoms with Crippen LogP contribution in [0.1, 0.15) is 38.2 Å². The molecule has 0 unspecified atom stereocenters. The maximum absolute atomic E-state index is 10.3. The summed E-state index contributed by atoms with van der Waals surface area (Å²) in [5, 5.41) is 13.7. The molecule has 0 amide bonds. The van der Waals surface area contributed by atoms with E-state index in [1.54, 1.807) is 7.11 Å². The molecule has 0 aromatic heterocycles. The Balaban J connectivity index is 1.98. The number of halogens is 1. The minimum absolute atomic E-state index is 0.521. The van der Waals surface area contributed by atoms with Crippen molar-refractivity contribution in [2.45, 2.75) is 44.8 Å². The summed E-state index contributed by atoms with van der Waals surface area (Å²) in [5.74, 6) is 1.46. The van der Waals surface area contributed by atoms with Crippen LogP contribution in [-0.2, 0) is 6.54 Å². The van der Waals surface area contributed by atoms with E-state index in [2.05, 4.69) is 21.2 Å². The molecule has 2 rings (SSSR count). The van der Waals surface area contributed by atoms with Crippen molar-refractivity contribution in [1.29, 1.82) is 0 Å². The van der Waals surface area contributed by atoms with E-state index in [1.807, 2.05) is 19.1 Å². The fraction of sp³-hybridized carbons (Fsp3) is 0.625. The molecule has 0 saturated heterocycles. The summed E-state index contributed by atoms with van der Waals surface area (Å²) < 4.78 is 11.9. The zero-order chi connectivity index (χ0) is 15.3. The molecule has 0 radical (unpaired) electrons. The first-order chi connectivity index (χ1) is 10.1. The highest BCUT2D eigenvalue weighted by Gasteiger charge is 2.30. The smallest absolute Gasteiger partial charge is 0.175 e. The first-order valence-corrected chi connectivity index (χ1v) is 8.29. The van der Waals surface area contributed by atoms with Crippen LogP contribution in [0, 0.1) is 0 Å². The summed E-state index contributed by atoms with van der Waals surface area (Å²) in [4.78, 5) is 0. The third kappa shape index (κ3) is 4.34. The number of hydrogen-bond donors (Lipinski definition) is 2. The minimum Gasteiger partial charge on any atom is -0.493 e. The lowest BCUT2D eigenvalue weighted by atomic mass is 10.0. The largest absolute Gasteiger partial charge is 0.493 e. The van der Waals surface area contributed by atoms with Crippen molar-refractivity contribution in [2.75, 3.05) is 20.3 Å². The SMILES string of the molecule is CCOc1c(Br)cc(CNCC2(O)CCCC2)cc1OC. The molecule has 0 spiro atoms. The van der Waals surface area contributed by atoms with Crippen LogP contribution in [0.15, 0.2) is 16.6 Å². The summed E-state index contributed by atoms with van der Waals surface area (Å²) >= 11 is 3.53. The van der Waals surface area contributed by atoms with Crippen LogP contribution >= 0.6 is 15.9 Å². The highest BCUT2D eigenvalue weighted by atomic mass is 79.9. The molecule has 1 aromatic carbocycles. The van der Waals surface area contributed by atoms with Gasteiger partial charge < -0.3 is 19.9 Å². The number of nitrogens with one attached hydrogen (secondary N) is 1. The summed E-state index contributed by atoms with van der Waals surface area (Å²) in [5.41, 5.74) is 0.579. The fourth-order valence-corrected chi connectivity index (χ4v) is 3.41. The highest BCUT2D eigenvalue weighted by Crippen LogP contribution is 2.36. The van der Waals surface area contributed by atoms with Crippen molar-refractivity contribution < 1.29 is 14.6 Å².